The summed E-state index contributed by atoms with van der Waals surface area (Å²) in [5.41, 5.74) is 7.86. The third kappa shape index (κ3) is 2.75. The van der Waals surface area contributed by atoms with Gasteiger partial charge in [-0.2, -0.15) is 0 Å². The van der Waals surface area contributed by atoms with Crippen molar-refractivity contribution in [3.05, 3.63) is 35.6 Å². The van der Waals surface area contributed by atoms with Crippen LogP contribution in [-0.2, 0) is 11.3 Å². The molecule has 1 aromatic carbocycles. The van der Waals surface area contributed by atoms with Gasteiger partial charge in [-0.05, 0) is 32.8 Å². The van der Waals surface area contributed by atoms with E-state index in [0.29, 0.717) is 6.54 Å². The predicted octanol–water partition coefficient (Wildman–Crippen LogP) is 3.27. The number of rotatable bonds is 3. The molecule has 0 spiro atoms. The predicted molar refractivity (Wildman–Crippen MR) is 87.3 cm³/mol. The molecule has 4 heteroatoms. The molecule has 1 aliphatic rings. The second-order valence-electron chi connectivity index (χ2n) is 6.67. The van der Waals surface area contributed by atoms with E-state index in [1.165, 1.54) is 0 Å². The number of benzene rings is 1. The minimum absolute atomic E-state index is 0.0459. The van der Waals surface area contributed by atoms with Crippen LogP contribution in [0.25, 0.3) is 11.0 Å². The molecular formula is C18H24N2O2. The van der Waals surface area contributed by atoms with Crippen molar-refractivity contribution in [2.75, 3.05) is 0 Å². The molecule has 2 unspecified atom stereocenters. The number of nitrogens with one attached hydrogen (secondary N) is 1. The first-order valence-electron chi connectivity index (χ1n) is 8.02. The van der Waals surface area contributed by atoms with Gasteiger partial charge in [0.1, 0.15) is 11.3 Å². The van der Waals surface area contributed by atoms with Crippen LogP contribution in [0.1, 0.15) is 43.9 Å². The zero-order chi connectivity index (χ0) is 15.7. The van der Waals surface area contributed by atoms with Crippen LogP contribution in [0.5, 0.6) is 0 Å². The van der Waals surface area contributed by atoms with Gasteiger partial charge in [0.15, 0.2) is 0 Å². The van der Waals surface area contributed by atoms with E-state index in [9.17, 15) is 4.79 Å². The minimum Gasteiger partial charge on any atom is -0.459 e. The molecule has 3 rings (SSSR count). The summed E-state index contributed by atoms with van der Waals surface area (Å²) in [5.74, 6) is 0.763. The van der Waals surface area contributed by atoms with Crippen molar-refractivity contribution in [1.82, 2.24) is 5.32 Å². The molecule has 1 heterocycles. The summed E-state index contributed by atoms with van der Waals surface area (Å²) >= 11 is 0. The quantitative estimate of drug-likeness (QED) is 0.914. The number of aryl methyl sites for hydroxylation is 1. The Morgan fingerprint density at radius 1 is 1.41 bits per heavy atom. The zero-order valence-corrected chi connectivity index (χ0v) is 13.3. The van der Waals surface area contributed by atoms with Gasteiger partial charge in [0.05, 0.1) is 12.5 Å². The molecule has 4 nitrogen and oxygen atoms in total. The van der Waals surface area contributed by atoms with Crippen molar-refractivity contribution < 1.29 is 9.21 Å². The van der Waals surface area contributed by atoms with Gasteiger partial charge in [-0.15, -0.1) is 0 Å². The molecule has 2 atom stereocenters. The fraction of sp³-hybridized carbons (Fsp3) is 0.500. The number of fused-ring (bicyclic) bond motifs is 1. The molecule has 1 fully saturated rings. The van der Waals surface area contributed by atoms with Crippen LogP contribution in [0.2, 0.25) is 0 Å². The number of furan rings is 1. The molecule has 1 amide bonds. The molecule has 1 aliphatic carbocycles. The largest absolute Gasteiger partial charge is 0.459 e. The van der Waals surface area contributed by atoms with Gasteiger partial charge in [0.2, 0.25) is 5.91 Å². The van der Waals surface area contributed by atoms with Crippen molar-refractivity contribution >= 4 is 16.9 Å². The number of hydrogen-bond donors (Lipinski definition) is 2. The van der Waals surface area contributed by atoms with Gasteiger partial charge in [-0.3, -0.25) is 4.79 Å². The normalized spacial score (nSPS) is 25.3. The third-order valence-corrected chi connectivity index (χ3v) is 4.94. The molecule has 2 aromatic rings. The maximum Gasteiger partial charge on any atom is 0.225 e. The lowest BCUT2D eigenvalue weighted by Gasteiger charge is -2.37. The van der Waals surface area contributed by atoms with E-state index in [2.05, 4.69) is 5.32 Å². The molecule has 0 aliphatic heterocycles. The summed E-state index contributed by atoms with van der Waals surface area (Å²) in [6.45, 7) is 4.44. The fourth-order valence-electron chi connectivity index (χ4n) is 3.47. The second kappa shape index (κ2) is 5.76. The van der Waals surface area contributed by atoms with E-state index < -0.39 is 5.54 Å². The van der Waals surface area contributed by atoms with E-state index in [1.54, 1.807) is 0 Å². The van der Waals surface area contributed by atoms with Crippen molar-refractivity contribution in [1.29, 1.82) is 0 Å². The summed E-state index contributed by atoms with van der Waals surface area (Å²) < 4.78 is 5.84. The van der Waals surface area contributed by atoms with Crippen LogP contribution < -0.4 is 11.1 Å². The topological polar surface area (TPSA) is 68.3 Å². The number of nitrogens with two attached hydrogens (primary N) is 1. The summed E-state index contributed by atoms with van der Waals surface area (Å²) in [5, 5.41) is 4.12. The van der Waals surface area contributed by atoms with Crippen LogP contribution >= 0.6 is 0 Å². The summed E-state index contributed by atoms with van der Waals surface area (Å²) in [4.78, 5) is 12.5. The Hall–Kier alpha value is -1.81. The molecule has 1 aromatic heterocycles. The fourth-order valence-corrected chi connectivity index (χ4v) is 3.47. The lowest BCUT2D eigenvalue weighted by atomic mass is 9.74. The Bertz CT molecular complexity index is 687. The number of hydrogen-bond acceptors (Lipinski definition) is 3. The molecule has 3 N–H and O–H groups in total. The Morgan fingerprint density at radius 2 is 2.18 bits per heavy atom. The lowest BCUT2D eigenvalue weighted by Crippen LogP contribution is -2.52. The maximum absolute atomic E-state index is 12.5. The van der Waals surface area contributed by atoms with Gasteiger partial charge >= 0.3 is 0 Å². The first-order chi connectivity index (χ1) is 10.5. The van der Waals surface area contributed by atoms with Gasteiger partial charge < -0.3 is 15.5 Å². The van der Waals surface area contributed by atoms with Crippen molar-refractivity contribution in [2.24, 2.45) is 11.7 Å². The summed E-state index contributed by atoms with van der Waals surface area (Å²) in [7, 11) is 0. The highest BCUT2D eigenvalue weighted by atomic mass is 16.3. The van der Waals surface area contributed by atoms with Crippen molar-refractivity contribution in [3.8, 4) is 0 Å². The molecule has 1 saturated carbocycles. The minimum atomic E-state index is -0.398. The Kier molecular flexibility index (Phi) is 3.96. The van der Waals surface area contributed by atoms with E-state index in [1.807, 2.05) is 38.1 Å². The van der Waals surface area contributed by atoms with E-state index in [0.717, 1.165) is 48.0 Å². The van der Waals surface area contributed by atoms with Crippen LogP contribution in [0, 0.1) is 12.8 Å². The van der Waals surface area contributed by atoms with Gasteiger partial charge in [-0.1, -0.05) is 31.0 Å². The van der Waals surface area contributed by atoms with Gasteiger partial charge in [-0.25, -0.2) is 0 Å². The molecule has 0 radical (unpaired) electrons. The molecular weight excluding hydrogens is 276 g/mol. The first-order valence-corrected chi connectivity index (χ1v) is 8.02. The van der Waals surface area contributed by atoms with Crippen molar-refractivity contribution in [3.63, 3.8) is 0 Å². The average Bonchev–Trinajstić information content (AvgIpc) is 2.81. The maximum atomic E-state index is 12.5. The molecule has 0 saturated heterocycles. The number of amides is 1. The Morgan fingerprint density at radius 3 is 2.91 bits per heavy atom. The zero-order valence-electron chi connectivity index (χ0n) is 13.3. The number of carbonyl (C=O) groups is 1. The summed E-state index contributed by atoms with van der Waals surface area (Å²) in [6.07, 6.45) is 3.97. The first kappa shape index (κ1) is 15.1. The highest BCUT2D eigenvalue weighted by Crippen LogP contribution is 2.32. The van der Waals surface area contributed by atoms with Crippen LogP contribution in [0.15, 0.2) is 28.7 Å². The standard InChI is InChI=1S/C18H24N2O2/c1-12-13-7-3-4-9-15(13)22-16(12)11-20-17(21)14-8-5-6-10-18(14,2)19/h3-4,7,9,14H,5-6,8,10-11,19H2,1-2H3,(H,20,21). The van der Waals surface area contributed by atoms with Gasteiger partial charge in [0.25, 0.3) is 0 Å². The second-order valence-corrected chi connectivity index (χ2v) is 6.67. The third-order valence-electron chi connectivity index (χ3n) is 4.94. The number of para-hydroxylation sites is 1. The van der Waals surface area contributed by atoms with Crippen LogP contribution in [0.4, 0.5) is 0 Å². The Labute approximate surface area is 131 Å². The van der Waals surface area contributed by atoms with Gasteiger partial charge in [0, 0.05) is 16.5 Å². The molecule has 0 bridgehead atoms. The monoisotopic (exact) mass is 300 g/mol. The summed E-state index contributed by atoms with van der Waals surface area (Å²) in [6, 6.07) is 7.94. The van der Waals surface area contributed by atoms with Crippen molar-refractivity contribution in [2.45, 2.75) is 51.6 Å². The lowest BCUT2D eigenvalue weighted by molar-refractivity contribution is -0.128. The van der Waals surface area contributed by atoms with E-state index >= 15 is 0 Å². The molecule has 118 valence electrons. The SMILES string of the molecule is Cc1c(CNC(=O)C2CCCCC2(C)N)oc2ccccc12. The van der Waals surface area contributed by atoms with E-state index in [4.69, 9.17) is 10.2 Å². The average molecular weight is 300 g/mol. The molecule has 22 heavy (non-hydrogen) atoms. The smallest absolute Gasteiger partial charge is 0.225 e. The highest BCUT2D eigenvalue weighted by Gasteiger charge is 2.37. The Balaban J connectivity index is 1.71. The number of carbonyl (C=O) groups excluding carboxylic acids is 1. The van der Waals surface area contributed by atoms with E-state index in [-0.39, 0.29) is 11.8 Å². The highest BCUT2D eigenvalue weighted by molar-refractivity contribution is 5.83. The van der Waals surface area contributed by atoms with Crippen LogP contribution in [-0.4, -0.2) is 11.4 Å². The van der Waals surface area contributed by atoms with Crippen LogP contribution in [0.3, 0.4) is 0 Å².